The summed E-state index contributed by atoms with van der Waals surface area (Å²) >= 11 is 0. The van der Waals surface area contributed by atoms with Crippen molar-refractivity contribution in [2.45, 2.75) is 26.8 Å². The quantitative estimate of drug-likeness (QED) is 0.723. The van der Waals surface area contributed by atoms with Crippen LogP contribution >= 0.6 is 0 Å². The second-order valence-corrected chi connectivity index (χ2v) is 4.11. The first-order valence-corrected chi connectivity index (χ1v) is 5.17. The van der Waals surface area contributed by atoms with E-state index in [-0.39, 0.29) is 0 Å². The molecule has 0 aliphatic heterocycles. The van der Waals surface area contributed by atoms with Crippen molar-refractivity contribution in [2.24, 2.45) is 5.92 Å². The number of fused-ring (bicyclic) bond motifs is 1. The van der Waals surface area contributed by atoms with Crippen molar-refractivity contribution < 1.29 is 0 Å². The number of rotatable bonds is 3. The second-order valence-electron chi connectivity index (χ2n) is 4.11. The molecule has 74 valence electrons. The van der Waals surface area contributed by atoms with Gasteiger partial charge in [-0.2, -0.15) is 0 Å². The highest BCUT2D eigenvalue weighted by atomic mass is 15.0. The first-order chi connectivity index (χ1) is 6.77. The van der Waals surface area contributed by atoms with E-state index in [9.17, 15) is 0 Å². The second kappa shape index (κ2) is 3.82. The van der Waals surface area contributed by atoms with E-state index in [2.05, 4.69) is 41.6 Å². The van der Waals surface area contributed by atoms with Gasteiger partial charge in [-0.25, -0.2) is 4.98 Å². The number of aromatic nitrogens is 2. The monoisotopic (exact) mass is 188 g/mol. The first-order valence-electron chi connectivity index (χ1n) is 5.17. The molecule has 0 spiro atoms. The van der Waals surface area contributed by atoms with Crippen molar-refractivity contribution in [3.05, 3.63) is 30.6 Å². The number of imidazole rings is 1. The zero-order valence-electron chi connectivity index (χ0n) is 8.77. The lowest BCUT2D eigenvalue weighted by Crippen LogP contribution is -1.99. The van der Waals surface area contributed by atoms with E-state index in [1.54, 1.807) is 0 Å². The Morgan fingerprint density at radius 3 is 2.86 bits per heavy atom. The van der Waals surface area contributed by atoms with Gasteiger partial charge >= 0.3 is 0 Å². The van der Waals surface area contributed by atoms with Crippen LogP contribution in [-0.4, -0.2) is 9.55 Å². The van der Waals surface area contributed by atoms with Crippen molar-refractivity contribution in [1.29, 1.82) is 0 Å². The van der Waals surface area contributed by atoms with Crippen LogP contribution in [0.4, 0.5) is 0 Å². The zero-order valence-corrected chi connectivity index (χ0v) is 8.77. The first kappa shape index (κ1) is 9.25. The summed E-state index contributed by atoms with van der Waals surface area (Å²) in [6.45, 7) is 5.57. The Morgan fingerprint density at radius 2 is 2.07 bits per heavy atom. The van der Waals surface area contributed by atoms with Gasteiger partial charge in [0.2, 0.25) is 0 Å². The number of benzene rings is 1. The van der Waals surface area contributed by atoms with E-state index in [0.717, 1.165) is 18.0 Å². The Balaban J connectivity index is 2.25. The van der Waals surface area contributed by atoms with Gasteiger partial charge in [0.15, 0.2) is 0 Å². The van der Waals surface area contributed by atoms with Crippen LogP contribution in [-0.2, 0) is 6.54 Å². The molecule has 0 saturated heterocycles. The van der Waals surface area contributed by atoms with Gasteiger partial charge in [0.05, 0.1) is 17.4 Å². The predicted octanol–water partition coefficient (Wildman–Crippen LogP) is 3.08. The van der Waals surface area contributed by atoms with Crippen LogP contribution < -0.4 is 0 Å². The third-order valence-electron chi connectivity index (χ3n) is 2.47. The highest BCUT2D eigenvalue weighted by molar-refractivity contribution is 5.74. The minimum absolute atomic E-state index is 0.746. The summed E-state index contributed by atoms with van der Waals surface area (Å²) in [4.78, 5) is 4.36. The number of nitrogens with zero attached hydrogens (tertiary/aromatic N) is 2. The Labute approximate surface area is 84.6 Å². The molecule has 0 fully saturated rings. The fourth-order valence-corrected chi connectivity index (χ4v) is 1.59. The molecule has 2 rings (SSSR count). The molecule has 0 aliphatic rings. The summed E-state index contributed by atoms with van der Waals surface area (Å²) < 4.78 is 2.23. The van der Waals surface area contributed by atoms with E-state index in [1.807, 2.05) is 12.4 Å². The van der Waals surface area contributed by atoms with Crippen LogP contribution in [0.25, 0.3) is 11.0 Å². The van der Waals surface area contributed by atoms with Crippen molar-refractivity contribution >= 4 is 11.0 Å². The molecule has 1 aromatic carbocycles. The van der Waals surface area contributed by atoms with E-state index in [0.29, 0.717) is 0 Å². The van der Waals surface area contributed by atoms with Crippen molar-refractivity contribution in [3.63, 3.8) is 0 Å². The van der Waals surface area contributed by atoms with E-state index >= 15 is 0 Å². The molecule has 0 saturated carbocycles. The van der Waals surface area contributed by atoms with Crippen molar-refractivity contribution in [2.75, 3.05) is 0 Å². The standard InChI is InChI=1S/C12H16N2/c1-10(2)7-8-14-9-13-11-5-3-4-6-12(11)14/h3-6,9-10H,7-8H2,1-2H3. The molecule has 1 heterocycles. The molecule has 0 radical (unpaired) electrons. The molecule has 0 N–H and O–H groups in total. The van der Waals surface area contributed by atoms with Gasteiger partial charge in [-0.15, -0.1) is 0 Å². The van der Waals surface area contributed by atoms with Crippen LogP contribution in [0.3, 0.4) is 0 Å². The Hall–Kier alpha value is -1.31. The predicted molar refractivity (Wildman–Crippen MR) is 59.2 cm³/mol. The summed E-state index contributed by atoms with van der Waals surface area (Å²) in [7, 11) is 0. The largest absolute Gasteiger partial charge is 0.331 e. The normalized spacial score (nSPS) is 11.4. The summed E-state index contributed by atoms with van der Waals surface area (Å²) in [6.07, 6.45) is 3.15. The maximum Gasteiger partial charge on any atom is 0.0958 e. The molecule has 0 atom stereocenters. The molecule has 2 heteroatoms. The average molecular weight is 188 g/mol. The molecule has 0 bridgehead atoms. The van der Waals surface area contributed by atoms with Crippen LogP contribution in [0.5, 0.6) is 0 Å². The molecule has 2 aromatic rings. The number of para-hydroxylation sites is 2. The van der Waals surface area contributed by atoms with Gasteiger partial charge in [-0.3, -0.25) is 0 Å². The SMILES string of the molecule is CC(C)CCn1cnc2ccccc21. The minimum atomic E-state index is 0.746. The maximum atomic E-state index is 4.36. The summed E-state index contributed by atoms with van der Waals surface area (Å²) in [5.74, 6) is 0.746. The number of hydrogen-bond donors (Lipinski definition) is 0. The molecule has 0 unspecified atom stereocenters. The van der Waals surface area contributed by atoms with Gasteiger partial charge in [0.25, 0.3) is 0 Å². The fraction of sp³-hybridized carbons (Fsp3) is 0.417. The topological polar surface area (TPSA) is 17.8 Å². The summed E-state index contributed by atoms with van der Waals surface area (Å²) in [5, 5.41) is 0. The van der Waals surface area contributed by atoms with Crippen LogP contribution in [0.1, 0.15) is 20.3 Å². The van der Waals surface area contributed by atoms with Gasteiger partial charge in [-0.05, 0) is 24.5 Å². The molecule has 1 aromatic heterocycles. The third-order valence-corrected chi connectivity index (χ3v) is 2.47. The van der Waals surface area contributed by atoms with Crippen LogP contribution in [0.15, 0.2) is 30.6 Å². The third kappa shape index (κ3) is 1.79. The summed E-state index contributed by atoms with van der Waals surface area (Å²) in [5.41, 5.74) is 2.34. The molecule has 0 amide bonds. The number of aryl methyl sites for hydroxylation is 1. The molecular weight excluding hydrogens is 172 g/mol. The van der Waals surface area contributed by atoms with E-state index in [4.69, 9.17) is 0 Å². The van der Waals surface area contributed by atoms with E-state index in [1.165, 1.54) is 11.9 Å². The highest BCUT2D eigenvalue weighted by Crippen LogP contribution is 2.13. The molecule has 0 aliphatic carbocycles. The zero-order chi connectivity index (χ0) is 9.97. The lowest BCUT2D eigenvalue weighted by molar-refractivity contribution is 0.523. The van der Waals surface area contributed by atoms with Crippen molar-refractivity contribution in [3.8, 4) is 0 Å². The van der Waals surface area contributed by atoms with Gasteiger partial charge in [0.1, 0.15) is 0 Å². The Morgan fingerprint density at radius 1 is 1.29 bits per heavy atom. The van der Waals surface area contributed by atoms with Gasteiger partial charge in [0, 0.05) is 6.54 Å². The molecule has 2 nitrogen and oxygen atoms in total. The van der Waals surface area contributed by atoms with Crippen LogP contribution in [0, 0.1) is 5.92 Å². The smallest absolute Gasteiger partial charge is 0.0958 e. The molecule has 14 heavy (non-hydrogen) atoms. The van der Waals surface area contributed by atoms with E-state index < -0.39 is 0 Å². The highest BCUT2D eigenvalue weighted by Gasteiger charge is 2.01. The Kier molecular flexibility index (Phi) is 2.53. The van der Waals surface area contributed by atoms with Crippen LogP contribution in [0.2, 0.25) is 0 Å². The minimum Gasteiger partial charge on any atom is -0.331 e. The lowest BCUT2D eigenvalue weighted by Gasteiger charge is -2.06. The van der Waals surface area contributed by atoms with Crippen molar-refractivity contribution in [1.82, 2.24) is 9.55 Å². The number of hydrogen-bond acceptors (Lipinski definition) is 1. The summed E-state index contributed by atoms with van der Waals surface area (Å²) in [6, 6.07) is 8.28. The maximum absolute atomic E-state index is 4.36. The average Bonchev–Trinajstić information content (AvgIpc) is 2.58. The van der Waals surface area contributed by atoms with Gasteiger partial charge in [-0.1, -0.05) is 26.0 Å². The fourth-order valence-electron chi connectivity index (χ4n) is 1.59. The van der Waals surface area contributed by atoms with Gasteiger partial charge < -0.3 is 4.57 Å². The lowest BCUT2D eigenvalue weighted by atomic mass is 10.1. The molecular formula is C12H16N2. The Bertz CT molecular complexity index is 415.